The summed E-state index contributed by atoms with van der Waals surface area (Å²) in [6, 6.07) is 6.24. The fraction of sp³-hybridized carbons (Fsp3) is 0.400. The zero-order chi connectivity index (χ0) is 20.1. The zero-order valence-electron chi connectivity index (χ0n) is 16.0. The Hall–Kier alpha value is -3.03. The molecule has 3 rings (SSSR count). The predicted octanol–water partition coefficient (Wildman–Crippen LogP) is 2.43. The Kier molecular flexibility index (Phi) is 6.18. The van der Waals surface area contributed by atoms with Gasteiger partial charge in [0.2, 0.25) is 5.91 Å². The van der Waals surface area contributed by atoms with Gasteiger partial charge in [-0.2, -0.15) is 0 Å². The van der Waals surface area contributed by atoms with E-state index >= 15 is 0 Å². The molecule has 0 radical (unpaired) electrons. The number of likely N-dealkylation sites (tertiary alicyclic amines) is 1. The third kappa shape index (κ3) is 5.03. The lowest BCUT2D eigenvalue weighted by atomic mass is 10.1. The highest BCUT2D eigenvalue weighted by Crippen LogP contribution is 2.22. The molecule has 1 fully saturated rings. The van der Waals surface area contributed by atoms with E-state index in [1.807, 2.05) is 13.8 Å². The molecule has 148 valence electrons. The SMILES string of the molecule is CC(C)NC(=O)c1cn(C2CCN(C(=O)C=Cc3cccc(F)c3)CC2)nn1. The summed E-state index contributed by atoms with van der Waals surface area (Å²) in [5.41, 5.74) is 0.947. The first-order chi connectivity index (χ1) is 13.4. The molecule has 28 heavy (non-hydrogen) atoms. The molecule has 0 aliphatic carbocycles. The predicted molar refractivity (Wildman–Crippen MR) is 103 cm³/mol. The molecule has 7 nitrogen and oxygen atoms in total. The summed E-state index contributed by atoms with van der Waals surface area (Å²) in [5, 5.41) is 10.8. The number of nitrogens with zero attached hydrogens (tertiary/aromatic N) is 4. The largest absolute Gasteiger partial charge is 0.348 e. The average molecular weight is 385 g/mol. The van der Waals surface area contributed by atoms with Crippen molar-refractivity contribution in [3.05, 3.63) is 53.6 Å². The Balaban J connectivity index is 1.53. The number of carbonyl (C=O) groups excluding carboxylic acids is 2. The Morgan fingerprint density at radius 2 is 2.04 bits per heavy atom. The molecule has 1 aromatic heterocycles. The van der Waals surface area contributed by atoms with Gasteiger partial charge in [-0.25, -0.2) is 9.07 Å². The van der Waals surface area contributed by atoms with Gasteiger partial charge in [0, 0.05) is 25.2 Å². The van der Waals surface area contributed by atoms with E-state index in [0.717, 1.165) is 12.8 Å². The molecule has 8 heteroatoms. The van der Waals surface area contributed by atoms with E-state index in [9.17, 15) is 14.0 Å². The molecule has 2 amide bonds. The van der Waals surface area contributed by atoms with Crippen LogP contribution in [0.1, 0.15) is 48.8 Å². The first-order valence-corrected chi connectivity index (χ1v) is 9.37. The minimum absolute atomic E-state index is 0.0346. The molecule has 1 aromatic carbocycles. The van der Waals surface area contributed by atoms with Crippen LogP contribution < -0.4 is 5.32 Å². The van der Waals surface area contributed by atoms with Crippen LogP contribution in [-0.2, 0) is 4.79 Å². The van der Waals surface area contributed by atoms with E-state index in [1.165, 1.54) is 18.2 Å². The van der Waals surface area contributed by atoms with Gasteiger partial charge in [-0.05, 0) is 50.5 Å². The van der Waals surface area contributed by atoms with Gasteiger partial charge in [-0.1, -0.05) is 17.3 Å². The highest BCUT2D eigenvalue weighted by molar-refractivity contribution is 5.92. The summed E-state index contributed by atoms with van der Waals surface area (Å²) in [6.45, 7) is 4.95. The fourth-order valence-electron chi connectivity index (χ4n) is 3.13. The summed E-state index contributed by atoms with van der Waals surface area (Å²) >= 11 is 0. The summed E-state index contributed by atoms with van der Waals surface area (Å²) in [5.74, 6) is -0.667. The minimum atomic E-state index is -0.329. The molecule has 1 aliphatic heterocycles. The number of hydrogen-bond acceptors (Lipinski definition) is 4. The number of piperidine rings is 1. The monoisotopic (exact) mass is 385 g/mol. The Morgan fingerprint density at radius 1 is 1.29 bits per heavy atom. The lowest BCUT2D eigenvalue weighted by Crippen LogP contribution is -2.38. The third-order valence-electron chi connectivity index (χ3n) is 4.58. The molecule has 0 atom stereocenters. The maximum Gasteiger partial charge on any atom is 0.273 e. The second-order valence-corrected chi connectivity index (χ2v) is 7.16. The second kappa shape index (κ2) is 8.77. The van der Waals surface area contributed by atoms with E-state index in [-0.39, 0.29) is 29.7 Å². The highest BCUT2D eigenvalue weighted by Gasteiger charge is 2.24. The normalized spacial score (nSPS) is 15.4. The lowest BCUT2D eigenvalue weighted by molar-refractivity contribution is -0.127. The first-order valence-electron chi connectivity index (χ1n) is 9.37. The van der Waals surface area contributed by atoms with Gasteiger partial charge in [0.25, 0.3) is 5.91 Å². The maximum atomic E-state index is 13.2. The molecule has 1 N–H and O–H groups in total. The van der Waals surface area contributed by atoms with Gasteiger partial charge >= 0.3 is 0 Å². The quantitative estimate of drug-likeness (QED) is 0.802. The number of aromatic nitrogens is 3. The average Bonchev–Trinajstić information content (AvgIpc) is 3.16. The molecule has 1 saturated heterocycles. The van der Waals surface area contributed by atoms with Crippen LogP contribution >= 0.6 is 0 Å². The molecule has 0 unspecified atom stereocenters. The summed E-state index contributed by atoms with van der Waals surface area (Å²) in [4.78, 5) is 26.1. The molecule has 0 spiro atoms. The molecule has 1 aliphatic rings. The molecule has 2 heterocycles. The summed E-state index contributed by atoms with van der Waals surface area (Å²) < 4.78 is 14.9. The zero-order valence-corrected chi connectivity index (χ0v) is 16.0. The van der Waals surface area contributed by atoms with E-state index in [2.05, 4.69) is 15.6 Å². The molecular weight excluding hydrogens is 361 g/mol. The third-order valence-corrected chi connectivity index (χ3v) is 4.58. The van der Waals surface area contributed by atoms with Gasteiger partial charge in [0.05, 0.1) is 12.2 Å². The number of rotatable bonds is 5. The molecule has 2 aromatic rings. The number of amides is 2. The van der Waals surface area contributed by atoms with Crippen LogP contribution in [0.3, 0.4) is 0 Å². The van der Waals surface area contributed by atoms with Gasteiger partial charge in [-0.3, -0.25) is 9.59 Å². The van der Waals surface area contributed by atoms with Crippen LogP contribution in [0.15, 0.2) is 36.5 Å². The fourth-order valence-corrected chi connectivity index (χ4v) is 3.13. The Labute approximate surface area is 163 Å². The van der Waals surface area contributed by atoms with E-state index < -0.39 is 0 Å². The summed E-state index contributed by atoms with van der Waals surface area (Å²) in [7, 11) is 0. The highest BCUT2D eigenvalue weighted by atomic mass is 19.1. The van der Waals surface area contributed by atoms with Crippen molar-refractivity contribution in [2.24, 2.45) is 0 Å². The van der Waals surface area contributed by atoms with E-state index in [1.54, 1.807) is 34.0 Å². The van der Waals surface area contributed by atoms with Crippen molar-refractivity contribution < 1.29 is 14.0 Å². The van der Waals surface area contributed by atoms with Crippen molar-refractivity contribution in [1.29, 1.82) is 0 Å². The van der Waals surface area contributed by atoms with Crippen LogP contribution in [0.2, 0.25) is 0 Å². The van der Waals surface area contributed by atoms with Gasteiger partial charge in [-0.15, -0.1) is 5.10 Å². The topological polar surface area (TPSA) is 80.1 Å². The van der Waals surface area contributed by atoms with Crippen LogP contribution in [0.4, 0.5) is 4.39 Å². The van der Waals surface area contributed by atoms with Crippen LogP contribution in [-0.4, -0.2) is 50.8 Å². The van der Waals surface area contributed by atoms with E-state index in [0.29, 0.717) is 24.3 Å². The van der Waals surface area contributed by atoms with Crippen LogP contribution in [0, 0.1) is 5.82 Å². The number of nitrogens with one attached hydrogen (secondary N) is 1. The summed E-state index contributed by atoms with van der Waals surface area (Å²) in [6.07, 6.45) is 6.21. The molecular formula is C20H24FN5O2. The van der Waals surface area contributed by atoms with Crippen molar-refractivity contribution in [3.8, 4) is 0 Å². The molecule has 0 saturated carbocycles. The second-order valence-electron chi connectivity index (χ2n) is 7.16. The van der Waals surface area contributed by atoms with Gasteiger partial charge < -0.3 is 10.2 Å². The standard InChI is InChI=1S/C20H24FN5O2/c1-14(2)22-20(28)18-13-26(24-23-18)17-8-10-25(11-9-17)19(27)7-6-15-4-3-5-16(21)12-15/h3-7,12-14,17H,8-11H2,1-2H3,(H,22,28). The van der Waals surface area contributed by atoms with Crippen molar-refractivity contribution in [3.63, 3.8) is 0 Å². The van der Waals surface area contributed by atoms with Crippen molar-refractivity contribution in [2.45, 2.75) is 38.8 Å². The Bertz CT molecular complexity index is 869. The van der Waals surface area contributed by atoms with Crippen molar-refractivity contribution in [2.75, 3.05) is 13.1 Å². The first kappa shape index (κ1) is 19.7. The smallest absolute Gasteiger partial charge is 0.273 e. The number of halogens is 1. The van der Waals surface area contributed by atoms with Gasteiger partial charge in [0.1, 0.15) is 5.82 Å². The van der Waals surface area contributed by atoms with Crippen LogP contribution in [0.25, 0.3) is 6.08 Å². The molecule has 0 bridgehead atoms. The van der Waals surface area contributed by atoms with Crippen molar-refractivity contribution >= 4 is 17.9 Å². The number of hydrogen-bond donors (Lipinski definition) is 1. The maximum absolute atomic E-state index is 13.2. The minimum Gasteiger partial charge on any atom is -0.348 e. The van der Waals surface area contributed by atoms with Crippen molar-refractivity contribution in [1.82, 2.24) is 25.2 Å². The number of carbonyl (C=O) groups is 2. The number of benzene rings is 1. The lowest BCUT2D eigenvalue weighted by Gasteiger charge is -2.31. The van der Waals surface area contributed by atoms with Gasteiger partial charge in [0.15, 0.2) is 5.69 Å². The van der Waals surface area contributed by atoms with Crippen LogP contribution in [0.5, 0.6) is 0 Å². The van der Waals surface area contributed by atoms with E-state index in [4.69, 9.17) is 0 Å². The Morgan fingerprint density at radius 3 is 2.71 bits per heavy atom.